The molecule has 0 aromatic carbocycles. The number of carboxylic acids is 1. The highest BCUT2D eigenvalue weighted by Gasteiger charge is 2.50. The number of likely N-dealkylation sites (N-methyl/N-ethyl adjacent to an activating group) is 1. The zero-order valence-electron chi connectivity index (χ0n) is 15.7. The third kappa shape index (κ3) is 4.20. The number of nitrogens with zero attached hydrogens (tertiary/aromatic N) is 2. The third-order valence-corrected chi connectivity index (χ3v) is 7.27. The molecule has 142 valence electrons. The van der Waals surface area contributed by atoms with Crippen molar-refractivity contribution in [3.8, 4) is 0 Å². The van der Waals surface area contributed by atoms with Gasteiger partial charge in [-0.1, -0.05) is 0 Å². The molecule has 5 heteroatoms. The van der Waals surface area contributed by atoms with Gasteiger partial charge in [0.1, 0.15) is 0 Å². The average molecular weight is 351 g/mol. The van der Waals surface area contributed by atoms with E-state index in [9.17, 15) is 4.79 Å². The Morgan fingerprint density at radius 3 is 2.44 bits per heavy atom. The predicted molar refractivity (Wildman–Crippen MR) is 96.5 cm³/mol. The van der Waals surface area contributed by atoms with Crippen LogP contribution >= 0.6 is 0 Å². The smallest absolute Gasteiger partial charge is 0.317 e. The van der Waals surface area contributed by atoms with Crippen LogP contribution in [0.15, 0.2) is 0 Å². The number of aliphatic carboxylic acids is 1. The standard InChI is InChI=1S/C20H34N2O3/c1-21(14-19(23)24)12-18-13-22(4-5-25-18)3-2-20-9-15-6-16(10-20)8-17(7-15)11-20/h15-18H,2-14H2,1H3,(H,23,24). The summed E-state index contributed by atoms with van der Waals surface area (Å²) in [6.07, 6.45) is 10.6. The van der Waals surface area contributed by atoms with Crippen LogP contribution < -0.4 is 0 Å². The van der Waals surface area contributed by atoms with E-state index in [1.54, 1.807) is 0 Å². The molecule has 1 atom stereocenters. The number of rotatable bonds is 7. The first kappa shape index (κ1) is 17.7. The number of morpholine rings is 1. The van der Waals surface area contributed by atoms with Gasteiger partial charge in [-0.15, -0.1) is 0 Å². The highest BCUT2D eigenvalue weighted by molar-refractivity contribution is 5.69. The summed E-state index contributed by atoms with van der Waals surface area (Å²) in [4.78, 5) is 15.3. The van der Waals surface area contributed by atoms with Crippen LogP contribution in [0.25, 0.3) is 0 Å². The van der Waals surface area contributed by atoms with E-state index >= 15 is 0 Å². The first-order chi connectivity index (χ1) is 12.0. The molecule has 4 saturated carbocycles. The lowest BCUT2D eigenvalue weighted by Crippen LogP contribution is -2.50. The second-order valence-corrected chi connectivity index (χ2v) is 9.55. The fourth-order valence-corrected chi connectivity index (χ4v) is 6.73. The maximum absolute atomic E-state index is 10.8. The second-order valence-electron chi connectivity index (χ2n) is 9.55. The third-order valence-electron chi connectivity index (χ3n) is 7.27. The van der Waals surface area contributed by atoms with Crippen molar-refractivity contribution in [2.75, 3.05) is 46.4 Å². The summed E-state index contributed by atoms with van der Waals surface area (Å²) in [7, 11) is 1.87. The molecule has 0 radical (unpaired) electrons. The van der Waals surface area contributed by atoms with Crippen molar-refractivity contribution in [1.82, 2.24) is 9.80 Å². The molecule has 0 spiro atoms. The molecule has 5 nitrogen and oxygen atoms in total. The summed E-state index contributed by atoms with van der Waals surface area (Å²) in [5.41, 5.74) is 0.655. The van der Waals surface area contributed by atoms with Crippen molar-refractivity contribution in [1.29, 1.82) is 0 Å². The molecule has 25 heavy (non-hydrogen) atoms. The minimum absolute atomic E-state index is 0.0904. The van der Waals surface area contributed by atoms with Crippen molar-refractivity contribution in [2.24, 2.45) is 23.2 Å². The highest BCUT2D eigenvalue weighted by atomic mass is 16.5. The van der Waals surface area contributed by atoms with E-state index in [0.717, 1.165) is 37.5 Å². The monoisotopic (exact) mass is 350 g/mol. The molecule has 0 aromatic rings. The average Bonchev–Trinajstić information content (AvgIpc) is 2.51. The van der Waals surface area contributed by atoms with Crippen LogP contribution in [0.2, 0.25) is 0 Å². The molecule has 1 N–H and O–H groups in total. The number of hydrogen-bond donors (Lipinski definition) is 1. The lowest BCUT2D eigenvalue weighted by atomic mass is 9.49. The highest BCUT2D eigenvalue weighted by Crippen LogP contribution is 2.61. The van der Waals surface area contributed by atoms with Gasteiger partial charge in [0.2, 0.25) is 0 Å². The molecule has 5 fully saturated rings. The maximum atomic E-state index is 10.8. The summed E-state index contributed by atoms with van der Waals surface area (Å²) in [5, 5.41) is 8.91. The topological polar surface area (TPSA) is 53.0 Å². The Hall–Kier alpha value is -0.650. The number of ether oxygens (including phenoxy) is 1. The van der Waals surface area contributed by atoms with Gasteiger partial charge in [0.25, 0.3) is 0 Å². The zero-order valence-corrected chi connectivity index (χ0v) is 15.7. The predicted octanol–water partition coefficient (Wildman–Crippen LogP) is 2.31. The molecule has 4 aliphatic carbocycles. The Kier molecular flexibility index (Phi) is 5.09. The van der Waals surface area contributed by atoms with Gasteiger partial charge in [0.05, 0.1) is 19.3 Å². The first-order valence-electron chi connectivity index (χ1n) is 10.2. The van der Waals surface area contributed by atoms with Crippen molar-refractivity contribution in [2.45, 2.75) is 51.0 Å². The van der Waals surface area contributed by atoms with Gasteiger partial charge < -0.3 is 9.84 Å². The van der Waals surface area contributed by atoms with Crippen LogP contribution in [0.3, 0.4) is 0 Å². The summed E-state index contributed by atoms with van der Waals surface area (Å²) < 4.78 is 5.88. The fraction of sp³-hybridized carbons (Fsp3) is 0.950. The molecule has 1 saturated heterocycles. The summed E-state index contributed by atoms with van der Waals surface area (Å²) in [6, 6.07) is 0. The van der Waals surface area contributed by atoms with Gasteiger partial charge in [-0.25, -0.2) is 0 Å². The van der Waals surface area contributed by atoms with Crippen molar-refractivity contribution >= 4 is 5.97 Å². The van der Waals surface area contributed by atoms with Crippen LogP contribution in [0.4, 0.5) is 0 Å². The molecule has 5 aliphatic rings. The molecule has 4 bridgehead atoms. The Bertz CT molecular complexity index is 460. The maximum Gasteiger partial charge on any atom is 0.317 e. The number of hydrogen-bond acceptors (Lipinski definition) is 4. The van der Waals surface area contributed by atoms with Gasteiger partial charge in [-0.3, -0.25) is 14.6 Å². The van der Waals surface area contributed by atoms with Crippen LogP contribution in [-0.2, 0) is 9.53 Å². The van der Waals surface area contributed by atoms with E-state index in [-0.39, 0.29) is 12.6 Å². The Morgan fingerprint density at radius 1 is 1.20 bits per heavy atom. The lowest BCUT2D eigenvalue weighted by molar-refractivity contribution is -0.138. The van der Waals surface area contributed by atoms with E-state index in [1.807, 2.05) is 11.9 Å². The van der Waals surface area contributed by atoms with Crippen molar-refractivity contribution in [3.05, 3.63) is 0 Å². The summed E-state index contributed by atoms with van der Waals surface area (Å²) >= 11 is 0. The Labute approximate surface area is 151 Å². The van der Waals surface area contributed by atoms with Crippen LogP contribution in [0.1, 0.15) is 44.9 Å². The SMILES string of the molecule is CN(CC(=O)O)CC1CN(CCC23CC4CC(CC(C4)C2)C3)CCO1. The van der Waals surface area contributed by atoms with Crippen molar-refractivity contribution < 1.29 is 14.6 Å². The minimum Gasteiger partial charge on any atom is -0.480 e. The molecular formula is C20H34N2O3. The van der Waals surface area contributed by atoms with Crippen LogP contribution in [0, 0.1) is 23.2 Å². The van der Waals surface area contributed by atoms with E-state index < -0.39 is 5.97 Å². The van der Waals surface area contributed by atoms with Gasteiger partial charge in [0, 0.05) is 19.6 Å². The van der Waals surface area contributed by atoms with Gasteiger partial charge in [-0.05, 0) is 81.7 Å². The van der Waals surface area contributed by atoms with Crippen LogP contribution in [0.5, 0.6) is 0 Å². The molecule has 0 aromatic heterocycles. The molecule has 1 aliphatic heterocycles. The van der Waals surface area contributed by atoms with E-state index in [0.29, 0.717) is 12.0 Å². The van der Waals surface area contributed by atoms with Gasteiger partial charge in [0.15, 0.2) is 0 Å². The zero-order chi connectivity index (χ0) is 17.4. The fourth-order valence-electron chi connectivity index (χ4n) is 6.73. The normalized spacial score (nSPS) is 40.7. The van der Waals surface area contributed by atoms with Gasteiger partial charge in [-0.2, -0.15) is 0 Å². The molecule has 1 unspecified atom stereocenters. The second kappa shape index (κ2) is 7.16. The van der Waals surface area contributed by atoms with Gasteiger partial charge >= 0.3 is 5.97 Å². The summed E-state index contributed by atoms with van der Waals surface area (Å²) in [6.45, 7) is 4.77. The van der Waals surface area contributed by atoms with Crippen LogP contribution in [-0.4, -0.2) is 73.4 Å². The van der Waals surface area contributed by atoms with E-state index in [1.165, 1.54) is 51.5 Å². The Morgan fingerprint density at radius 2 is 1.84 bits per heavy atom. The molecular weight excluding hydrogens is 316 g/mol. The molecule has 1 heterocycles. The quantitative estimate of drug-likeness (QED) is 0.764. The number of carbonyl (C=O) groups is 1. The van der Waals surface area contributed by atoms with E-state index in [2.05, 4.69) is 4.90 Å². The molecule has 5 rings (SSSR count). The Balaban J connectivity index is 1.26. The van der Waals surface area contributed by atoms with Crippen molar-refractivity contribution in [3.63, 3.8) is 0 Å². The lowest BCUT2D eigenvalue weighted by Gasteiger charge is -2.57. The number of carboxylic acid groups (broad SMARTS) is 1. The first-order valence-corrected chi connectivity index (χ1v) is 10.2. The molecule has 0 amide bonds. The van der Waals surface area contributed by atoms with E-state index in [4.69, 9.17) is 9.84 Å². The largest absolute Gasteiger partial charge is 0.480 e. The minimum atomic E-state index is -0.767. The summed E-state index contributed by atoms with van der Waals surface area (Å²) in [5.74, 6) is 2.34.